The van der Waals surface area contributed by atoms with Gasteiger partial charge in [-0.25, -0.2) is 0 Å². The molecule has 0 radical (unpaired) electrons. The highest BCUT2D eigenvalue weighted by molar-refractivity contribution is 9.10. The van der Waals surface area contributed by atoms with Crippen LogP contribution in [-0.4, -0.2) is 6.04 Å². The van der Waals surface area contributed by atoms with Crippen LogP contribution in [0.2, 0.25) is 0 Å². The van der Waals surface area contributed by atoms with E-state index in [0.717, 1.165) is 10.0 Å². The van der Waals surface area contributed by atoms with E-state index in [0.29, 0.717) is 0 Å². The molecule has 0 aliphatic heterocycles. The minimum atomic E-state index is -0.0712. The molecule has 0 aliphatic carbocycles. The zero-order valence-electron chi connectivity index (χ0n) is 7.00. The smallest absolute Gasteiger partial charge is 0.0445 e. The van der Waals surface area contributed by atoms with Crippen molar-refractivity contribution in [1.82, 2.24) is 0 Å². The lowest BCUT2D eigenvalue weighted by atomic mass is 10.0. The molecule has 3 heteroatoms. The van der Waals surface area contributed by atoms with Crippen molar-refractivity contribution in [3.63, 3.8) is 0 Å². The van der Waals surface area contributed by atoms with Gasteiger partial charge in [0, 0.05) is 16.6 Å². The van der Waals surface area contributed by atoms with Gasteiger partial charge in [0.1, 0.15) is 0 Å². The molecule has 0 aliphatic rings. The average molecular weight is 229 g/mol. The second-order valence-electron chi connectivity index (χ2n) is 2.94. The van der Waals surface area contributed by atoms with Crippen LogP contribution < -0.4 is 11.5 Å². The maximum Gasteiger partial charge on any atom is 0.0445 e. The zero-order chi connectivity index (χ0) is 9.14. The average Bonchev–Trinajstić information content (AvgIpc) is 2.04. The topological polar surface area (TPSA) is 52.0 Å². The molecule has 0 spiro atoms. The molecule has 4 N–H and O–H groups in total. The lowest BCUT2D eigenvalue weighted by Gasteiger charge is -2.15. The van der Waals surface area contributed by atoms with Crippen LogP contribution in [0.3, 0.4) is 0 Å². The number of nitrogens with two attached hydrogens (primary N) is 2. The minimum Gasteiger partial charge on any atom is -0.326 e. The Balaban J connectivity index is 2.82. The highest BCUT2D eigenvalue weighted by Crippen LogP contribution is 2.16. The quantitative estimate of drug-likeness (QED) is 0.812. The molecule has 66 valence electrons. The first kappa shape index (κ1) is 9.71. The van der Waals surface area contributed by atoms with Gasteiger partial charge in [-0.2, -0.15) is 0 Å². The molecule has 0 aromatic heterocycles. The predicted molar refractivity (Wildman–Crippen MR) is 54.7 cm³/mol. The molecule has 0 saturated heterocycles. The van der Waals surface area contributed by atoms with Gasteiger partial charge in [-0.05, 0) is 24.6 Å². The van der Waals surface area contributed by atoms with Gasteiger partial charge in [0.05, 0.1) is 0 Å². The van der Waals surface area contributed by atoms with E-state index in [1.807, 2.05) is 31.2 Å². The van der Waals surface area contributed by atoms with Crippen molar-refractivity contribution < 1.29 is 0 Å². The van der Waals surface area contributed by atoms with Crippen molar-refractivity contribution in [1.29, 1.82) is 0 Å². The fraction of sp³-hybridized carbons (Fsp3) is 0.333. The summed E-state index contributed by atoms with van der Waals surface area (Å²) in [6.45, 7) is 1.91. The first-order valence-electron chi connectivity index (χ1n) is 3.88. The molecule has 0 bridgehead atoms. The van der Waals surface area contributed by atoms with Gasteiger partial charge in [0.2, 0.25) is 0 Å². The van der Waals surface area contributed by atoms with Gasteiger partial charge in [-0.15, -0.1) is 0 Å². The van der Waals surface area contributed by atoms with Crippen LogP contribution >= 0.6 is 15.9 Å². The summed E-state index contributed by atoms with van der Waals surface area (Å²) in [5, 5.41) is 0. The van der Waals surface area contributed by atoms with Gasteiger partial charge in [0.15, 0.2) is 0 Å². The molecule has 12 heavy (non-hydrogen) atoms. The standard InChI is InChI=1S/C9H13BrN2/c1-6(11)9(12)7-2-4-8(10)5-3-7/h2-6,9H,11-12H2,1H3/t6-,9-/m0/s1. The second kappa shape index (κ2) is 4.03. The number of hydrogen-bond acceptors (Lipinski definition) is 2. The van der Waals surface area contributed by atoms with E-state index in [1.165, 1.54) is 0 Å². The number of hydrogen-bond donors (Lipinski definition) is 2. The Morgan fingerprint density at radius 2 is 1.67 bits per heavy atom. The summed E-state index contributed by atoms with van der Waals surface area (Å²) in [5.41, 5.74) is 12.6. The van der Waals surface area contributed by atoms with E-state index in [-0.39, 0.29) is 12.1 Å². The van der Waals surface area contributed by atoms with E-state index < -0.39 is 0 Å². The fourth-order valence-electron chi connectivity index (χ4n) is 0.989. The SMILES string of the molecule is C[C@H](N)[C@H](N)c1ccc(Br)cc1. The normalized spacial score (nSPS) is 15.7. The summed E-state index contributed by atoms with van der Waals surface area (Å²) < 4.78 is 1.06. The molecule has 0 heterocycles. The first-order valence-corrected chi connectivity index (χ1v) is 4.67. The maximum atomic E-state index is 5.85. The van der Waals surface area contributed by atoms with Crippen LogP contribution in [-0.2, 0) is 0 Å². The van der Waals surface area contributed by atoms with E-state index in [2.05, 4.69) is 15.9 Å². The molecule has 0 amide bonds. The van der Waals surface area contributed by atoms with Crippen LogP contribution in [0.25, 0.3) is 0 Å². The summed E-state index contributed by atoms with van der Waals surface area (Å²) >= 11 is 3.36. The van der Waals surface area contributed by atoms with E-state index in [4.69, 9.17) is 11.5 Å². The summed E-state index contributed by atoms with van der Waals surface area (Å²) in [7, 11) is 0. The molecule has 2 nitrogen and oxygen atoms in total. The lowest BCUT2D eigenvalue weighted by Crippen LogP contribution is -2.30. The van der Waals surface area contributed by atoms with Crippen molar-refractivity contribution in [3.05, 3.63) is 34.3 Å². The Bertz CT molecular complexity index is 243. The number of halogens is 1. The van der Waals surface area contributed by atoms with E-state index in [9.17, 15) is 0 Å². The Hall–Kier alpha value is -0.380. The third-order valence-electron chi connectivity index (χ3n) is 1.82. The van der Waals surface area contributed by atoms with Gasteiger partial charge < -0.3 is 11.5 Å². The van der Waals surface area contributed by atoms with Crippen LogP contribution in [0, 0.1) is 0 Å². The predicted octanol–water partition coefficient (Wildman–Crippen LogP) is 1.80. The first-order chi connectivity index (χ1) is 5.61. The lowest BCUT2D eigenvalue weighted by molar-refractivity contribution is 0.589. The van der Waals surface area contributed by atoms with Crippen LogP contribution in [0.15, 0.2) is 28.7 Å². The number of rotatable bonds is 2. The molecule has 0 unspecified atom stereocenters. The Morgan fingerprint density at radius 3 is 2.08 bits per heavy atom. The second-order valence-corrected chi connectivity index (χ2v) is 3.85. The zero-order valence-corrected chi connectivity index (χ0v) is 8.58. The van der Waals surface area contributed by atoms with Crippen molar-refractivity contribution in [2.45, 2.75) is 19.0 Å². The van der Waals surface area contributed by atoms with Crippen molar-refractivity contribution in [2.75, 3.05) is 0 Å². The highest BCUT2D eigenvalue weighted by atomic mass is 79.9. The van der Waals surface area contributed by atoms with Crippen molar-refractivity contribution >= 4 is 15.9 Å². The third kappa shape index (κ3) is 2.30. The fourth-order valence-corrected chi connectivity index (χ4v) is 1.25. The molecule has 0 saturated carbocycles. The molecule has 1 rings (SSSR count). The maximum absolute atomic E-state index is 5.85. The van der Waals surface area contributed by atoms with Gasteiger partial charge in [-0.3, -0.25) is 0 Å². The molecule has 1 aromatic rings. The van der Waals surface area contributed by atoms with Crippen LogP contribution in [0.5, 0.6) is 0 Å². The molecule has 2 atom stereocenters. The Kier molecular flexibility index (Phi) is 3.26. The summed E-state index contributed by atoms with van der Waals surface area (Å²) in [5.74, 6) is 0. The van der Waals surface area contributed by atoms with Crippen LogP contribution in [0.4, 0.5) is 0 Å². The molecular weight excluding hydrogens is 216 g/mol. The highest BCUT2D eigenvalue weighted by Gasteiger charge is 2.09. The van der Waals surface area contributed by atoms with Crippen molar-refractivity contribution in [2.24, 2.45) is 11.5 Å². The summed E-state index contributed by atoms with van der Waals surface area (Å²) in [6, 6.07) is 7.83. The van der Waals surface area contributed by atoms with Gasteiger partial charge in [0.25, 0.3) is 0 Å². The largest absolute Gasteiger partial charge is 0.326 e. The van der Waals surface area contributed by atoms with Gasteiger partial charge >= 0.3 is 0 Å². The molecule has 1 aromatic carbocycles. The molecular formula is C9H13BrN2. The third-order valence-corrected chi connectivity index (χ3v) is 2.35. The molecule has 0 fully saturated rings. The van der Waals surface area contributed by atoms with Crippen molar-refractivity contribution in [3.8, 4) is 0 Å². The summed E-state index contributed by atoms with van der Waals surface area (Å²) in [4.78, 5) is 0. The minimum absolute atomic E-state index is 0.00817. The van der Waals surface area contributed by atoms with Gasteiger partial charge in [-0.1, -0.05) is 28.1 Å². The number of benzene rings is 1. The Morgan fingerprint density at radius 1 is 1.17 bits per heavy atom. The monoisotopic (exact) mass is 228 g/mol. The summed E-state index contributed by atoms with van der Waals surface area (Å²) in [6.07, 6.45) is 0. The van der Waals surface area contributed by atoms with Crippen LogP contribution in [0.1, 0.15) is 18.5 Å². The van der Waals surface area contributed by atoms with E-state index in [1.54, 1.807) is 0 Å². The van der Waals surface area contributed by atoms with E-state index >= 15 is 0 Å². The Labute approximate surface area is 81.1 Å².